The topological polar surface area (TPSA) is 115 Å². The van der Waals surface area contributed by atoms with Gasteiger partial charge in [0.1, 0.15) is 17.8 Å². The molecule has 0 saturated carbocycles. The van der Waals surface area contributed by atoms with Crippen molar-refractivity contribution in [3.05, 3.63) is 66.2 Å². The monoisotopic (exact) mass is 450 g/mol. The van der Waals surface area contributed by atoms with E-state index in [0.29, 0.717) is 25.1 Å². The van der Waals surface area contributed by atoms with Crippen molar-refractivity contribution in [3.63, 3.8) is 0 Å². The first-order valence-corrected chi connectivity index (χ1v) is 10.7. The summed E-state index contributed by atoms with van der Waals surface area (Å²) in [6, 6.07) is 18.5. The molecule has 2 atom stereocenters. The molecular weight excluding hydrogens is 424 g/mol. The highest BCUT2D eigenvalue weighted by Gasteiger charge is 2.54. The number of piperidine rings is 1. The van der Waals surface area contributed by atoms with Gasteiger partial charge in [-0.25, -0.2) is 9.80 Å². The SMILES string of the molecule is CN1N=C2CCN(C(=O)C(COc3ccccc3)OC(N)=O)C[C@@]2(Cc2ccccc2)C1=O. The molecule has 1 fully saturated rings. The van der Waals surface area contributed by atoms with E-state index in [1.807, 2.05) is 36.4 Å². The van der Waals surface area contributed by atoms with Gasteiger partial charge in [0.05, 0.1) is 5.71 Å². The number of benzene rings is 2. The van der Waals surface area contributed by atoms with Gasteiger partial charge < -0.3 is 20.1 Å². The number of carbonyl (C=O) groups excluding carboxylic acids is 3. The Kier molecular flexibility index (Phi) is 6.30. The zero-order valence-electron chi connectivity index (χ0n) is 18.3. The molecule has 0 aromatic heterocycles. The molecule has 0 radical (unpaired) electrons. The van der Waals surface area contributed by atoms with E-state index in [-0.39, 0.29) is 19.1 Å². The third kappa shape index (κ3) is 4.67. The Balaban J connectivity index is 1.55. The highest BCUT2D eigenvalue weighted by Crippen LogP contribution is 2.38. The third-order valence-electron chi connectivity index (χ3n) is 5.94. The molecule has 1 unspecified atom stereocenters. The molecule has 2 aliphatic rings. The van der Waals surface area contributed by atoms with E-state index in [1.54, 1.807) is 36.2 Å². The zero-order valence-corrected chi connectivity index (χ0v) is 18.3. The number of amides is 3. The summed E-state index contributed by atoms with van der Waals surface area (Å²) in [7, 11) is 1.62. The van der Waals surface area contributed by atoms with Gasteiger partial charge in [0.2, 0.25) is 6.10 Å². The van der Waals surface area contributed by atoms with E-state index in [9.17, 15) is 14.4 Å². The fourth-order valence-electron chi connectivity index (χ4n) is 4.40. The number of carbonyl (C=O) groups is 3. The fraction of sp³-hybridized carbons (Fsp3) is 0.333. The molecule has 0 bridgehead atoms. The second kappa shape index (κ2) is 9.32. The first kappa shape index (κ1) is 22.3. The Bertz CT molecular complexity index is 1060. The molecule has 172 valence electrons. The summed E-state index contributed by atoms with van der Waals surface area (Å²) < 4.78 is 10.7. The maximum absolute atomic E-state index is 13.4. The van der Waals surface area contributed by atoms with Crippen molar-refractivity contribution in [2.75, 3.05) is 26.7 Å². The van der Waals surface area contributed by atoms with Crippen molar-refractivity contribution in [1.82, 2.24) is 9.91 Å². The summed E-state index contributed by atoms with van der Waals surface area (Å²) in [4.78, 5) is 39.6. The first-order valence-electron chi connectivity index (χ1n) is 10.7. The number of ether oxygens (including phenoxy) is 2. The van der Waals surface area contributed by atoms with Crippen molar-refractivity contribution in [2.24, 2.45) is 16.3 Å². The quantitative estimate of drug-likeness (QED) is 0.691. The van der Waals surface area contributed by atoms with Gasteiger partial charge in [-0.05, 0) is 24.1 Å². The van der Waals surface area contributed by atoms with E-state index in [4.69, 9.17) is 15.2 Å². The van der Waals surface area contributed by atoms with Crippen LogP contribution in [0.3, 0.4) is 0 Å². The molecule has 2 aliphatic heterocycles. The number of nitrogens with two attached hydrogens (primary N) is 1. The maximum Gasteiger partial charge on any atom is 0.405 e. The second-order valence-corrected chi connectivity index (χ2v) is 8.18. The van der Waals surface area contributed by atoms with Crippen molar-refractivity contribution in [1.29, 1.82) is 0 Å². The number of likely N-dealkylation sites (tertiary alicyclic amines) is 1. The van der Waals surface area contributed by atoms with Crippen LogP contribution in [0, 0.1) is 5.41 Å². The van der Waals surface area contributed by atoms with Crippen molar-refractivity contribution >= 4 is 23.6 Å². The van der Waals surface area contributed by atoms with Crippen LogP contribution in [-0.2, 0) is 20.7 Å². The number of fused-ring (bicyclic) bond motifs is 1. The van der Waals surface area contributed by atoms with E-state index in [0.717, 1.165) is 11.3 Å². The lowest BCUT2D eigenvalue weighted by molar-refractivity contribution is -0.146. The fourth-order valence-corrected chi connectivity index (χ4v) is 4.40. The predicted octanol–water partition coefficient (Wildman–Crippen LogP) is 1.82. The lowest BCUT2D eigenvalue weighted by Gasteiger charge is -2.40. The molecule has 1 saturated heterocycles. The average molecular weight is 450 g/mol. The van der Waals surface area contributed by atoms with Crippen molar-refractivity contribution < 1.29 is 23.9 Å². The van der Waals surface area contributed by atoms with Gasteiger partial charge in [0.25, 0.3) is 11.8 Å². The van der Waals surface area contributed by atoms with Gasteiger partial charge in [-0.15, -0.1) is 0 Å². The Morgan fingerprint density at radius 2 is 1.79 bits per heavy atom. The molecule has 2 aromatic rings. The summed E-state index contributed by atoms with van der Waals surface area (Å²) in [5, 5.41) is 5.80. The van der Waals surface area contributed by atoms with Gasteiger partial charge >= 0.3 is 6.09 Å². The molecule has 2 aromatic carbocycles. The minimum atomic E-state index is -1.23. The molecule has 9 heteroatoms. The lowest BCUT2D eigenvalue weighted by Crippen LogP contribution is -2.58. The molecule has 2 heterocycles. The van der Waals surface area contributed by atoms with Crippen LogP contribution in [0.15, 0.2) is 65.8 Å². The number of rotatable bonds is 7. The Morgan fingerprint density at radius 1 is 1.12 bits per heavy atom. The molecular formula is C24H26N4O5. The maximum atomic E-state index is 13.4. The van der Waals surface area contributed by atoms with Crippen molar-refractivity contribution in [2.45, 2.75) is 18.9 Å². The van der Waals surface area contributed by atoms with E-state index in [1.165, 1.54) is 5.01 Å². The largest absolute Gasteiger partial charge is 0.489 e. The lowest BCUT2D eigenvalue weighted by atomic mass is 9.73. The molecule has 3 amide bonds. The van der Waals surface area contributed by atoms with E-state index >= 15 is 0 Å². The number of hydrogen-bond acceptors (Lipinski definition) is 6. The van der Waals surface area contributed by atoms with Crippen LogP contribution < -0.4 is 10.5 Å². The van der Waals surface area contributed by atoms with Crippen LogP contribution in [-0.4, -0.2) is 66.4 Å². The highest BCUT2D eigenvalue weighted by molar-refractivity contribution is 6.13. The second-order valence-electron chi connectivity index (χ2n) is 8.18. The van der Waals surface area contributed by atoms with Gasteiger partial charge in [-0.3, -0.25) is 9.59 Å². The predicted molar refractivity (Wildman–Crippen MR) is 120 cm³/mol. The summed E-state index contributed by atoms with van der Waals surface area (Å²) in [6.07, 6.45) is -1.44. The number of hydrazone groups is 1. The van der Waals surface area contributed by atoms with Gasteiger partial charge in [-0.2, -0.15) is 5.10 Å². The van der Waals surface area contributed by atoms with Crippen LogP contribution in [0.5, 0.6) is 5.75 Å². The summed E-state index contributed by atoms with van der Waals surface area (Å²) in [6.45, 7) is 0.286. The van der Waals surface area contributed by atoms with Gasteiger partial charge in [0, 0.05) is 26.6 Å². The summed E-state index contributed by atoms with van der Waals surface area (Å²) in [5.41, 5.74) is 5.99. The molecule has 9 nitrogen and oxygen atoms in total. The van der Waals surface area contributed by atoms with Crippen LogP contribution in [0.25, 0.3) is 0 Å². The minimum absolute atomic E-state index is 0.132. The van der Waals surface area contributed by atoms with Crippen LogP contribution >= 0.6 is 0 Å². The molecule has 0 spiro atoms. The number of primary amides is 1. The van der Waals surface area contributed by atoms with E-state index < -0.39 is 23.5 Å². The molecule has 4 rings (SSSR count). The van der Waals surface area contributed by atoms with Crippen LogP contribution in [0.1, 0.15) is 12.0 Å². The Labute approximate surface area is 191 Å². The third-order valence-corrected chi connectivity index (χ3v) is 5.94. The number of hydrogen-bond donors (Lipinski definition) is 1. The zero-order chi connectivity index (χ0) is 23.4. The smallest absolute Gasteiger partial charge is 0.405 e. The molecule has 0 aliphatic carbocycles. The van der Waals surface area contributed by atoms with Crippen LogP contribution in [0.4, 0.5) is 4.79 Å². The molecule has 2 N–H and O–H groups in total. The highest BCUT2D eigenvalue weighted by atomic mass is 16.6. The standard InChI is InChI=1S/C24H26N4O5/c1-27-22(30)24(14-17-8-4-2-5-9-17)16-28(13-12-20(24)26-27)21(29)19(33-23(25)31)15-32-18-10-6-3-7-11-18/h2-11,19H,12-16H2,1H3,(H2,25,31)/t19?,24-/m1/s1. The number of nitrogens with zero attached hydrogens (tertiary/aromatic N) is 3. The van der Waals surface area contributed by atoms with E-state index in [2.05, 4.69) is 5.10 Å². The normalized spacial score (nSPS) is 20.6. The van der Waals surface area contributed by atoms with Crippen LogP contribution in [0.2, 0.25) is 0 Å². The van der Waals surface area contributed by atoms with Crippen molar-refractivity contribution in [3.8, 4) is 5.75 Å². The minimum Gasteiger partial charge on any atom is -0.489 e. The first-order chi connectivity index (χ1) is 15.9. The summed E-state index contributed by atoms with van der Waals surface area (Å²) in [5.74, 6) is -0.0880. The molecule has 33 heavy (non-hydrogen) atoms. The summed E-state index contributed by atoms with van der Waals surface area (Å²) >= 11 is 0. The van der Waals surface area contributed by atoms with Gasteiger partial charge in [-0.1, -0.05) is 48.5 Å². The Hall–Kier alpha value is -3.88. The number of para-hydroxylation sites is 1. The average Bonchev–Trinajstić information content (AvgIpc) is 3.06. The van der Waals surface area contributed by atoms with Gasteiger partial charge in [0.15, 0.2) is 0 Å². The Morgan fingerprint density at radius 3 is 2.45 bits per heavy atom.